The van der Waals surface area contributed by atoms with Crippen molar-refractivity contribution in [2.45, 2.75) is 36.0 Å². The summed E-state index contributed by atoms with van der Waals surface area (Å²) in [5, 5.41) is 7.77. The highest BCUT2D eigenvalue weighted by molar-refractivity contribution is 9.11. The lowest BCUT2D eigenvalue weighted by molar-refractivity contribution is -0.138. The van der Waals surface area contributed by atoms with Gasteiger partial charge in [0.2, 0.25) is 0 Å². The summed E-state index contributed by atoms with van der Waals surface area (Å²) >= 11 is 6.23. The summed E-state index contributed by atoms with van der Waals surface area (Å²) < 4.78 is 128. The number of nitrogen functional groups attached to an aromatic ring is 2. The van der Waals surface area contributed by atoms with Crippen LogP contribution in [0.2, 0.25) is 0 Å². The second kappa shape index (κ2) is 12.7. The number of halogens is 8. The van der Waals surface area contributed by atoms with E-state index in [0.29, 0.717) is 21.1 Å². The zero-order chi connectivity index (χ0) is 33.4. The third-order valence-electron chi connectivity index (χ3n) is 5.98. The Hall–Kier alpha value is -3.10. The molecule has 20 heteroatoms. The molecule has 0 fully saturated rings. The van der Waals surface area contributed by atoms with Gasteiger partial charge in [-0.2, -0.15) is 36.5 Å². The van der Waals surface area contributed by atoms with Crippen molar-refractivity contribution in [3.8, 4) is 11.4 Å². The third-order valence-corrected chi connectivity index (χ3v) is 10.7. The van der Waals surface area contributed by atoms with Crippen LogP contribution >= 0.6 is 31.9 Å². The molecule has 44 heavy (non-hydrogen) atoms. The number of sulfone groups is 2. The number of anilines is 2. The lowest BCUT2D eigenvalue weighted by atomic mass is 10.2. The molecule has 0 aliphatic carbocycles. The molecule has 0 saturated carbocycles. The minimum Gasteiger partial charge on any atom is -0.383 e. The van der Waals surface area contributed by atoms with E-state index in [0.717, 1.165) is 33.6 Å². The molecular weight excluding hydrogens is 774 g/mol. The summed E-state index contributed by atoms with van der Waals surface area (Å²) in [7, 11) is -7.80. The van der Waals surface area contributed by atoms with Crippen LogP contribution in [0.15, 0.2) is 67.5 Å². The molecule has 4 aromatic rings. The molecule has 4 N–H and O–H groups in total. The van der Waals surface area contributed by atoms with Gasteiger partial charge in [-0.05, 0) is 68.3 Å². The van der Waals surface area contributed by atoms with Crippen LogP contribution < -0.4 is 11.5 Å². The third kappa shape index (κ3) is 7.40. The number of aromatic nitrogens is 4. The van der Waals surface area contributed by atoms with Crippen LogP contribution in [0.3, 0.4) is 0 Å². The van der Waals surface area contributed by atoms with Gasteiger partial charge in [-0.3, -0.25) is 0 Å². The Morgan fingerprint density at radius 2 is 1.00 bits per heavy atom. The maximum atomic E-state index is 12.8. The minimum absolute atomic E-state index is 0.0296. The molecule has 0 atom stereocenters. The fraction of sp³-hybridized carbons (Fsp3) is 0.250. The molecule has 0 bridgehead atoms. The van der Waals surface area contributed by atoms with Crippen LogP contribution in [-0.4, -0.2) is 47.9 Å². The highest BCUT2D eigenvalue weighted by Crippen LogP contribution is 2.36. The van der Waals surface area contributed by atoms with Gasteiger partial charge in [-0.15, -0.1) is 0 Å². The van der Waals surface area contributed by atoms with Crippen molar-refractivity contribution >= 4 is 63.2 Å². The van der Waals surface area contributed by atoms with Crippen molar-refractivity contribution < 1.29 is 43.2 Å². The van der Waals surface area contributed by atoms with E-state index in [4.69, 9.17) is 11.5 Å². The molecule has 2 aromatic heterocycles. The maximum Gasteiger partial charge on any atom is 0.416 e. The summed E-state index contributed by atoms with van der Waals surface area (Å²) in [6.07, 6.45) is -6.63. The van der Waals surface area contributed by atoms with Crippen LogP contribution in [-0.2, 0) is 32.0 Å². The highest BCUT2D eigenvalue weighted by atomic mass is 79.9. The van der Waals surface area contributed by atoms with Crippen molar-refractivity contribution in [1.29, 1.82) is 0 Å². The first-order valence-electron chi connectivity index (χ1n) is 12.0. The number of hydrogen-bond donors (Lipinski definition) is 2. The Kier molecular flexibility index (Phi) is 10.2. The van der Waals surface area contributed by atoms with Gasteiger partial charge < -0.3 is 11.5 Å². The fourth-order valence-electron chi connectivity index (χ4n) is 3.60. The first kappa shape index (κ1) is 35.4. The number of benzene rings is 2. The molecule has 4 rings (SSSR count). The molecule has 2 aromatic carbocycles. The van der Waals surface area contributed by atoms with Crippen molar-refractivity contribution in [3.63, 3.8) is 0 Å². The molecule has 2 heterocycles. The van der Waals surface area contributed by atoms with Gasteiger partial charge in [0.15, 0.2) is 19.7 Å². The van der Waals surface area contributed by atoms with E-state index in [-0.39, 0.29) is 34.5 Å². The second-order valence-electron chi connectivity index (χ2n) is 8.75. The van der Waals surface area contributed by atoms with Crippen LogP contribution in [0, 0.1) is 0 Å². The number of nitrogens with two attached hydrogens (primary N) is 2. The van der Waals surface area contributed by atoms with E-state index in [1.165, 1.54) is 26.2 Å². The Balaban J connectivity index is 0.000000240. The van der Waals surface area contributed by atoms with Gasteiger partial charge in [0, 0.05) is 0 Å². The van der Waals surface area contributed by atoms with Crippen molar-refractivity contribution in [2.24, 2.45) is 0 Å². The zero-order valence-electron chi connectivity index (χ0n) is 22.4. The summed E-state index contributed by atoms with van der Waals surface area (Å²) in [5.41, 5.74) is 9.34. The van der Waals surface area contributed by atoms with Gasteiger partial charge >= 0.3 is 12.4 Å². The summed E-state index contributed by atoms with van der Waals surface area (Å²) in [6.45, 7) is 2.70. The van der Waals surface area contributed by atoms with Gasteiger partial charge in [0.1, 0.15) is 11.6 Å². The molecule has 0 amide bonds. The van der Waals surface area contributed by atoms with E-state index < -0.39 is 52.9 Å². The molecule has 0 radical (unpaired) electrons. The minimum atomic E-state index is -4.65. The zero-order valence-corrected chi connectivity index (χ0v) is 27.3. The highest BCUT2D eigenvalue weighted by Gasteiger charge is 2.34. The number of rotatable bonds is 6. The molecule has 0 aliphatic heterocycles. The van der Waals surface area contributed by atoms with E-state index in [2.05, 4.69) is 42.1 Å². The molecule has 0 aliphatic rings. The maximum absolute atomic E-state index is 12.8. The van der Waals surface area contributed by atoms with E-state index in [1.807, 2.05) is 0 Å². The first-order chi connectivity index (χ1) is 20.2. The van der Waals surface area contributed by atoms with Gasteiger partial charge in [0.25, 0.3) is 0 Å². The Morgan fingerprint density at radius 3 is 1.23 bits per heavy atom. The van der Waals surface area contributed by atoms with Crippen molar-refractivity contribution in [1.82, 2.24) is 19.6 Å². The monoisotopic (exact) mass is 794 g/mol. The van der Waals surface area contributed by atoms with Gasteiger partial charge in [-0.25, -0.2) is 26.2 Å². The molecule has 10 nitrogen and oxygen atoms in total. The van der Waals surface area contributed by atoms with Crippen molar-refractivity contribution in [2.75, 3.05) is 23.0 Å². The number of alkyl halides is 6. The summed E-state index contributed by atoms with van der Waals surface area (Å²) in [6, 6.07) is 4.87. The number of hydrogen-bond acceptors (Lipinski definition) is 8. The standard InChI is InChI=1S/2C12H11BrF3N3O2S/c2*1-2-22(20,21)10-5-7(12(14,15)16)3-4-9(10)19-11(17)8(13)6-18-19/h2*3-6H,2,17H2,1H3. The van der Waals surface area contributed by atoms with E-state index >= 15 is 0 Å². The van der Waals surface area contributed by atoms with Crippen LogP contribution in [0.4, 0.5) is 38.0 Å². The van der Waals surface area contributed by atoms with E-state index in [1.54, 1.807) is 0 Å². The summed E-state index contributed by atoms with van der Waals surface area (Å²) in [5.74, 6) is -0.507. The smallest absolute Gasteiger partial charge is 0.383 e. The predicted octanol–water partition coefficient (Wildman–Crippen LogP) is 6.06. The largest absolute Gasteiger partial charge is 0.416 e. The Bertz CT molecular complexity index is 1770. The Morgan fingerprint density at radius 1 is 0.682 bits per heavy atom. The van der Waals surface area contributed by atoms with Crippen LogP contribution in [0.1, 0.15) is 25.0 Å². The molecular formula is C24H22Br2F6N6O4S2. The normalized spacial score (nSPS) is 12.6. The lowest BCUT2D eigenvalue weighted by Gasteiger charge is -2.14. The second-order valence-corrected chi connectivity index (χ2v) is 14.9. The van der Waals surface area contributed by atoms with Crippen molar-refractivity contribution in [3.05, 3.63) is 68.9 Å². The lowest BCUT2D eigenvalue weighted by Crippen LogP contribution is -2.14. The summed E-state index contributed by atoms with van der Waals surface area (Å²) in [4.78, 5) is -0.931. The first-order valence-corrected chi connectivity index (χ1v) is 16.9. The fourth-order valence-corrected chi connectivity index (χ4v) is 6.30. The topological polar surface area (TPSA) is 156 Å². The molecule has 0 unspecified atom stereocenters. The van der Waals surface area contributed by atoms with Crippen LogP contribution in [0.25, 0.3) is 11.4 Å². The van der Waals surface area contributed by atoms with Gasteiger partial charge in [-0.1, -0.05) is 13.8 Å². The van der Waals surface area contributed by atoms with E-state index in [9.17, 15) is 43.2 Å². The molecule has 0 spiro atoms. The average molecular weight is 796 g/mol. The Labute approximate surface area is 264 Å². The molecule has 0 saturated heterocycles. The quantitative estimate of drug-likeness (QED) is 0.223. The number of nitrogens with zero attached hydrogens (tertiary/aromatic N) is 4. The SMILES string of the molecule is CCS(=O)(=O)c1cc(C(F)(F)F)ccc1-n1ncc(Br)c1N.CCS(=O)(=O)c1cc(C(F)(F)F)ccc1-n1ncc(Br)c1N. The molecule has 240 valence electrons. The van der Waals surface area contributed by atoms with Gasteiger partial charge in [0.05, 0.1) is 65.1 Å². The predicted molar refractivity (Wildman–Crippen MR) is 157 cm³/mol. The average Bonchev–Trinajstić information content (AvgIpc) is 3.46. The van der Waals surface area contributed by atoms with Crippen LogP contribution in [0.5, 0.6) is 0 Å².